The van der Waals surface area contributed by atoms with Gasteiger partial charge in [0.15, 0.2) is 0 Å². The second kappa shape index (κ2) is 5.89. The van der Waals surface area contributed by atoms with Crippen LogP contribution in [0.5, 0.6) is 0 Å². The number of halogens is 1. The Morgan fingerprint density at radius 1 is 1.23 bits per heavy atom. The van der Waals surface area contributed by atoms with Crippen molar-refractivity contribution < 1.29 is 19.1 Å². The van der Waals surface area contributed by atoms with Crippen molar-refractivity contribution in [2.75, 3.05) is 11.5 Å². The maximum Gasteiger partial charge on any atom is 0.329 e. The first-order valence-electron chi connectivity index (χ1n) is 6.83. The molecule has 0 atom stereocenters. The lowest BCUT2D eigenvalue weighted by atomic mass is 9.92. The van der Waals surface area contributed by atoms with Gasteiger partial charge in [-0.05, 0) is 54.0 Å². The maximum absolute atomic E-state index is 13.2. The first-order chi connectivity index (χ1) is 10.5. The van der Waals surface area contributed by atoms with E-state index in [0.717, 1.165) is 4.70 Å². The van der Waals surface area contributed by atoms with Crippen LogP contribution >= 0.6 is 23.1 Å². The minimum absolute atomic E-state index is 0.358. The van der Waals surface area contributed by atoms with Crippen LogP contribution < -0.4 is 5.32 Å². The summed E-state index contributed by atoms with van der Waals surface area (Å²) in [5, 5.41) is 12.8. The van der Waals surface area contributed by atoms with Crippen molar-refractivity contribution in [3.63, 3.8) is 0 Å². The average Bonchev–Trinajstić information content (AvgIpc) is 2.91. The van der Waals surface area contributed by atoms with Gasteiger partial charge in [0.2, 0.25) is 0 Å². The fourth-order valence-corrected chi connectivity index (χ4v) is 4.65. The number of carbonyl (C=O) groups excluding carboxylic acids is 1. The van der Waals surface area contributed by atoms with E-state index in [0.29, 0.717) is 34.6 Å². The van der Waals surface area contributed by atoms with Crippen molar-refractivity contribution in [2.24, 2.45) is 0 Å². The van der Waals surface area contributed by atoms with Crippen LogP contribution in [0.3, 0.4) is 0 Å². The highest BCUT2D eigenvalue weighted by Crippen LogP contribution is 2.30. The summed E-state index contributed by atoms with van der Waals surface area (Å²) >= 11 is 2.93. The van der Waals surface area contributed by atoms with Crippen LogP contribution in [-0.4, -0.2) is 34.0 Å². The second-order valence-electron chi connectivity index (χ2n) is 5.25. The minimum Gasteiger partial charge on any atom is -0.480 e. The van der Waals surface area contributed by atoms with Crippen molar-refractivity contribution in [3.8, 4) is 0 Å². The molecular weight excluding hydrogens is 325 g/mol. The Kier molecular flexibility index (Phi) is 4.10. The van der Waals surface area contributed by atoms with E-state index in [1.54, 1.807) is 23.9 Å². The maximum atomic E-state index is 13.2. The number of carboxylic acids is 1. The highest BCUT2D eigenvalue weighted by atomic mass is 32.2. The van der Waals surface area contributed by atoms with Crippen LogP contribution in [0, 0.1) is 5.82 Å². The van der Waals surface area contributed by atoms with Crippen molar-refractivity contribution >= 4 is 45.1 Å². The predicted molar refractivity (Wildman–Crippen MR) is 86.2 cm³/mol. The van der Waals surface area contributed by atoms with Crippen molar-refractivity contribution in [1.82, 2.24) is 5.32 Å². The van der Waals surface area contributed by atoms with Gasteiger partial charge in [0.25, 0.3) is 5.91 Å². The summed E-state index contributed by atoms with van der Waals surface area (Å²) in [7, 11) is 0. The van der Waals surface area contributed by atoms with E-state index in [4.69, 9.17) is 0 Å². The zero-order valence-electron chi connectivity index (χ0n) is 11.6. The molecule has 1 aromatic carbocycles. The van der Waals surface area contributed by atoms with Gasteiger partial charge in [-0.3, -0.25) is 4.79 Å². The minimum atomic E-state index is -1.19. The molecule has 2 heterocycles. The highest BCUT2D eigenvalue weighted by Gasteiger charge is 2.41. The Morgan fingerprint density at radius 2 is 1.95 bits per heavy atom. The fraction of sp³-hybridized carbons (Fsp3) is 0.333. The summed E-state index contributed by atoms with van der Waals surface area (Å²) < 4.78 is 14.0. The largest absolute Gasteiger partial charge is 0.480 e. The third-order valence-corrected chi connectivity index (χ3v) is 5.91. The number of rotatable bonds is 3. The number of nitrogens with one attached hydrogen (secondary N) is 1. The van der Waals surface area contributed by atoms with E-state index < -0.39 is 17.4 Å². The summed E-state index contributed by atoms with van der Waals surface area (Å²) in [6.45, 7) is 0. The van der Waals surface area contributed by atoms with Crippen molar-refractivity contribution in [2.45, 2.75) is 18.4 Å². The van der Waals surface area contributed by atoms with Gasteiger partial charge >= 0.3 is 5.97 Å². The summed E-state index contributed by atoms with van der Waals surface area (Å²) in [5.41, 5.74) is -1.19. The van der Waals surface area contributed by atoms with E-state index in [1.807, 2.05) is 0 Å². The van der Waals surface area contributed by atoms with E-state index in [2.05, 4.69) is 5.32 Å². The quantitative estimate of drug-likeness (QED) is 0.902. The molecule has 1 fully saturated rings. The lowest BCUT2D eigenvalue weighted by Gasteiger charge is -2.33. The van der Waals surface area contributed by atoms with Crippen molar-refractivity contribution in [1.29, 1.82) is 0 Å². The number of thiophene rings is 1. The lowest BCUT2D eigenvalue weighted by Crippen LogP contribution is -2.56. The number of amides is 1. The van der Waals surface area contributed by atoms with Gasteiger partial charge in [-0.2, -0.15) is 11.8 Å². The molecule has 0 saturated carbocycles. The SMILES string of the molecule is O=C(NC1(C(=O)O)CCSCC1)c1cc2cc(F)ccc2s1. The number of aliphatic carboxylic acids is 1. The fourth-order valence-electron chi connectivity index (χ4n) is 2.52. The van der Waals surface area contributed by atoms with Crippen LogP contribution in [0.4, 0.5) is 4.39 Å². The van der Waals surface area contributed by atoms with E-state index in [9.17, 15) is 19.1 Å². The van der Waals surface area contributed by atoms with E-state index in [-0.39, 0.29) is 5.82 Å². The van der Waals surface area contributed by atoms with Gasteiger partial charge in [0.1, 0.15) is 11.4 Å². The molecule has 1 aromatic heterocycles. The Morgan fingerprint density at radius 3 is 2.64 bits per heavy atom. The molecule has 4 nitrogen and oxygen atoms in total. The molecule has 3 rings (SSSR count). The van der Waals surface area contributed by atoms with Crippen LogP contribution in [0.1, 0.15) is 22.5 Å². The molecule has 2 N–H and O–H groups in total. The molecule has 0 radical (unpaired) electrons. The molecule has 0 aliphatic carbocycles. The first kappa shape index (κ1) is 15.3. The monoisotopic (exact) mass is 339 g/mol. The zero-order valence-corrected chi connectivity index (χ0v) is 13.2. The Labute approximate surface area is 134 Å². The molecule has 0 spiro atoms. The van der Waals surface area contributed by atoms with Crippen LogP contribution in [0.25, 0.3) is 10.1 Å². The van der Waals surface area contributed by atoms with Gasteiger partial charge in [0.05, 0.1) is 4.88 Å². The van der Waals surface area contributed by atoms with Gasteiger partial charge in [-0.15, -0.1) is 11.3 Å². The molecule has 2 aromatic rings. The average molecular weight is 339 g/mol. The summed E-state index contributed by atoms with van der Waals surface area (Å²) in [5.74, 6) is -0.332. The molecule has 7 heteroatoms. The number of fused-ring (bicyclic) bond motifs is 1. The van der Waals surface area contributed by atoms with Gasteiger partial charge in [0, 0.05) is 4.70 Å². The smallest absolute Gasteiger partial charge is 0.329 e. The number of benzene rings is 1. The Balaban J connectivity index is 1.86. The number of carbonyl (C=O) groups is 2. The summed E-state index contributed by atoms with van der Waals surface area (Å²) in [6, 6.07) is 5.94. The normalized spacial score (nSPS) is 17.3. The molecule has 22 heavy (non-hydrogen) atoms. The standard InChI is InChI=1S/C15H14FNO3S2/c16-10-1-2-11-9(7-10)8-12(22-11)13(18)17-15(14(19)20)3-5-21-6-4-15/h1-2,7-8H,3-6H2,(H,17,18)(H,19,20). The predicted octanol–water partition coefficient (Wildman–Crippen LogP) is 3.12. The van der Waals surface area contributed by atoms with Crippen LogP contribution in [0.15, 0.2) is 24.3 Å². The molecular formula is C15H14FNO3S2. The van der Waals surface area contributed by atoms with Gasteiger partial charge < -0.3 is 10.4 Å². The third-order valence-electron chi connectivity index (χ3n) is 3.81. The Hall–Kier alpha value is -1.60. The Bertz CT molecular complexity index is 737. The molecule has 0 unspecified atom stereocenters. The summed E-state index contributed by atoms with van der Waals surface area (Å²) in [4.78, 5) is 24.4. The molecule has 1 aliphatic rings. The topological polar surface area (TPSA) is 66.4 Å². The van der Waals surface area contributed by atoms with E-state index >= 15 is 0 Å². The molecule has 1 aliphatic heterocycles. The van der Waals surface area contributed by atoms with Gasteiger partial charge in [-0.1, -0.05) is 0 Å². The van der Waals surface area contributed by atoms with E-state index in [1.165, 1.54) is 23.5 Å². The first-order valence-corrected chi connectivity index (χ1v) is 8.80. The highest BCUT2D eigenvalue weighted by molar-refractivity contribution is 7.99. The number of hydrogen-bond donors (Lipinski definition) is 2. The number of carboxylic acid groups (broad SMARTS) is 1. The molecule has 116 valence electrons. The molecule has 1 amide bonds. The number of thioether (sulfide) groups is 1. The van der Waals surface area contributed by atoms with Crippen LogP contribution in [-0.2, 0) is 4.79 Å². The molecule has 1 saturated heterocycles. The second-order valence-corrected chi connectivity index (χ2v) is 7.56. The zero-order chi connectivity index (χ0) is 15.7. The summed E-state index contributed by atoms with van der Waals surface area (Å²) in [6.07, 6.45) is 0.830. The third kappa shape index (κ3) is 2.83. The lowest BCUT2D eigenvalue weighted by molar-refractivity contribution is -0.144. The number of hydrogen-bond acceptors (Lipinski definition) is 4. The molecule has 0 bridgehead atoms. The van der Waals surface area contributed by atoms with Crippen molar-refractivity contribution in [3.05, 3.63) is 35.0 Å². The van der Waals surface area contributed by atoms with Gasteiger partial charge in [-0.25, -0.2) is 9.18 Å². The van der Waals surface area contributed by atoms with Crippen LogP contribution in [0.2, 0.25) is 0 Å².